The number of ether oxygens (including phenoxy) is 2. The number of aliphatic hydroxyl groups is 1. The van der Waals surface area contributed by atoms with Gasteiger partial charge < -0.3 is 29.8 Å². The number of rotatable bonds is 11. The minimum atomic E-state index is -0.542. The third kappa shape index (κ3) is 8.31. The summed E-state index contributed by atoms with van der Waals surface area (Å²) in [5.74, 6) is 0.829. The van der Waals surface area contributed by atoms with E-state index in [0.29, 0.717) is 13.1 Å². The van der Waals surface area contributed by atoms with Gasteiger partial charge in [-0.05, 0) is 39.4 Å². The number of hydrogen-bond acceptors (Lipinski definition) is 6. The maximum atomic E-state index is 12.4. The number of carbonyl (C=O) groups excluding carboxylic acids is 1. The fourth-order valence-corrected chi connectivity index (χ4v) is 6.77. The zero-order chi connectivity index (χ0) is 32.6. The van der Waals surface area contributed by atoms with Crippen molar-refractivity contribution in [1.82, 2.24) is 20.2 Å². The van der Waals surface area contributed by atoms with Crippen LogP contribution in [0.25, 0.3) is 11.1 Å². The zero-order valence-electron chi connectivity index (χ0n) is 26.6. The molecule has 2 amide bonds. The molecule has 1 aliphatic heterocycles. The lowest BCUT2D eigenvalue weighted by Gasteiger charge is -2.41. The molecule has 6 rings (SSSR count). The van der Waals surface area contributed by atoms with E-state index in [2.05, 4.69) is 58.9 Å². The van der Waals surface area contributed by atoms with Crippen LogP contribution in [0.3, 0.4) is 0 Å². The highest BCUT2D eigenvalue weighted by Crippen LogP contribution is 2.43. The molecule has 1 saturated heterocycles. The molecule has 3 N–H and O–H groups in total. The number of aromatic nitrogens is 2. The summed E-state index contributed by atoms with van der Waals surface area (Å²) < 4.78 is 15.3. The summed E-state index contributed by atoms with van der Waals surface area (Å²) in [5.41, 5.74) is 7.06. The van der Waals surface area contributed by atoms with Gasteiger partial charge in [-0.2, -0.15) is 0 Å². The molecule has 0 aliphatic carbocycles. The van der Waals surface area contributed by atoms with Crippen molar-refractivity contribution in [3.8, 4) is 11.1 Å². The SMILES string of the molecule is C[C@H]1[C@@H](CSc2nccn2C)O[C@@H](c2ccc(-c3cccc(CNC(=O)NCc4ccccc4)c3)cc2)O[C@H]1c1ccc(CO)cc1. The Bertz CT molecular complexity index is 1740. The molecule has 8 nitrogen and oxygen atoms in total. The number of nitrogens with zero attached hydrogens (tertiary/aromatic N) is 2. The molecule has 5 aromatic rings. The predicted octanol–water partition coefficient (Wildman–Crippen LogP) is 7.16. The largest absolute Gasteiger partial charge is 0.392 e. The first-order valence-corrected chi connectivity index (χ1v) is 16.8. The van der Waals surface area contributed by atoms with Crippen molar-refractivity contribution in [2.45, 2.75) is 50.3 Å². The molecule has 0 saturated carbocycles. The second-order valence-corrected chi connectivity index (χ2v) is 12.8. The number of aryl methyl sites for hydroxylation is 1. The van der Waals surface area contributed by atoms with Gasteiger partial charge in [0.25, 0.3) is 0 Å². The first-order chi connectivity index (χ1) is 23.0. The summed E-state index contributed by atoms with van der Waals surface area (Å²) in [6.45, 7) is 3.08. The minimum Gasteiger partial charge on any atom is -0.392 e. The molecule has 0 bridgehead atoms. The maximum Gasteiger partial charge on any atom is 0.315 e. The summed E-state index contributed by atoms with van der Waals surface area (Å²) in [6, 6.07) is 34.1. The van der Waals surface area contributed by atoms with Crippen LogP contribution >= 0.6 is 11.8 Å². The van der Waals surface area contributed by atoms with Crippen LogP contribution in [0.4, 0.5) is 4.79 Å². The van der Waals surface area contributed by atoms with Crippen LogP contribution in [0.15, 0.2) is 121 Å². The van der Waals surface area contributed by atoms with Crippen LogP contribution in [0, 0.1) is 5.92 Å². The highest BCUT2D eigenvalue weighted by atomic mass is 32.2. The first-order valence-electron chi connectivity index (χ1n) is 15.8. The minimum absolute atomic E-state index is 0.00583. The standard InChI is InChI=1S/C38H40N4O4S/c1-26-34(25-47-38-39-19-20-42(38)2)45-36(46-35(26)31-13-11-28(24-43)12-14-31)32-17-15-30(16-18-32)33-10-6-9-29(21-33)23-41-37(44)40-22-27-7-4-3-5-8-27/h3-21,26,34-36,43H,22-25H2,1-2H3,(H2,40,41,44)/t26-,34+,35+,36+/m0/s1. The molecule has 0 radical (unpaired) electrons. The van der Waals surface area contributed by atoms with Crippen LogP contribution in [0.1, 0.15) is 47.1 Å². The molecule has 1 aromatic heterocycles. The van der Waals surface area contributed by atoms with Crippen molar-refractivity contribution < 1.29 is 19.4 Å². The van der Waals surface area contributed by atoms with Crippen LogP contribution in [0.2, 0.25) is 0 Å². The van der Waals surface area contributed by atoms with E-state index in [1.54, 1.807) is 11.8 Å². The Balaban J connectivity index is 1.13. The lowest BCUT2D eigenvalue weighted by atomic mass is 9.91. The number of amides is 2. The number of urea groups is 1. The Morgan fingerprint density at radius 3 is 2.23 bits per heavy atom. The zero-order valence-corrected chi connectivity index (χ0v) is 27.4. The van der Waals surface area contributed by atoms with Gasteiger partial charge in [0, 0.05) is 49.8 Å². The third-order valence-corrected chi connectivity index (χ3v) is 9.62. The van der Waals surface area contributed by atoms with Crippen molar-refractivity contribution in [3.05, 3.63) is 143 Å². The number of carbonyl (C=O) groups is 1. The van der Waals surface area contributed by atoms with Crippen molar-refractivity contribution in [1.29, 1.82) is 0 Å². The first kappa shape index (κ1) is 32.5. The van der Waals surface area contributed by atoms with E-state index in [1.807, 2.05) is 90.7 Å². The molecule has 1 fully saturated rings. The number of thioether (sulfide) groups is 1. The van der Waals surface area contributed by atoms with Crippen molar-refractivity contribution in [2.24, 2.45) is 13.0 Å². The number of nitrogens with one attached hydrogen (secondary N) is 2. The summed E-state index contributed by atoms with van der Waals surface area (Å²) in [7, 11) is 2.00. The molecule has 47 heavy (non-hydrogen) atoms. The highest BCUT2D eigenvalue weighted by molar-refractivity contribution is 7.99. The highest BCUT2D eigenvalue weighted by Gasteiger charge is 2.38. The van der Waals surface area contributed by atoms with E-state index in [1.165, 1.54) is 0 Å². The van der Waals surface area contributed by atoms with Crippen molar-refractivity contribution >= 4 is 17.8 Å². The molecular weight excluding hydrogens is 609 g/mol. The predicted molar refractivity (Wildman–Crippen MR) is 184 cm³/mol. The van der Waals surface area contributed by atoms with Crippen LogP contribution in [-0.2, 0) is 36.2 Å². The second-order valence-electron chi connectivity index (χ2n) is 11.8. The van der Waals surface area contributed by atoms with Gasteiger partial charge in [-0.25, -0.2) is 9.78 Å². The monoisotopic (exact) mass is 648 g/mol. The number of imidazole rings is 1. The van der Waals surface area contributed by atoms with Crippen molar-refractivity contribution in [2.75, 3.05) is 5.75 Å². The van der Waals surface area contributed by atoms with Gasteiger partial charge in [0.1, 0.15) is 0 Å². The fourth-order valence-electron chi connectivity index (χ4n) is 5.67. The van der Waals surface area contributed by atoms with Gasteiger partial charge in [-0.15, -0.1) is 0 Å². The molecule has 0 unspecified atom stereocenters. The van der Waals surface area contributed by atoms with E-state index >= 15 is 0 Å². The summed E-state index contributed by atoms with van der Waals surface area (Å²) in [6.07, 6.45) is 2.96. The quantitative estimate of drug-likeness (QED) is 0.132. The molecule has 1 aliphatic rings. The molecule has 4 atom stereocenters. The molecule has 0 spiro atoms. The average Bonchev–Trinajstić information content (AvgIpc) is 3.54. The summed E-state index contributed by atoms with van der Waals surface area (Å²) in [5, 5.41) is 16.4. The van der Waals surface area contributed by atoms with Gasteiger partial charge in [0.05, 0.1) is 18.8 Å². The van der Waals surface area contributed by atoms with Gasteiger partial charge >= 0.3 is 6.03 Å². The van der Waals surface area contributed by atoms with Crippen LogP contribution < -0.4 is 10.6 Å². The van der Waals surface area contributed by atoms with Crippen LogP contribution in [-0.4, -0.2) is 32.5 Å². The van der Waals surface area contributed by atoms with Gasteiger partial charge in [0.2, 0.25) is 0 Å². The Hall–Kier alpha value is -4.41. The molecular formula is C38H40N4O4S. The Labute approximate surface area is 280 Å². The van der Waals surface area contributed by atoms with Crippen molar-refractivity contribution in [3.63, 3.8) is 0 Å². The van der Waals surface area contributed by atoms with E-state index in [-0.39, 0.29) is 30.8 Å². The number of benzene rings is 4. The molecule has 2 heterocycles. The normalized spacial score (nSPS) is 19.3. The maximum absolute atomic E-state index is 12.4. The summed E-state index contributed by atoms with van der Waals surface area (Å²) >= 11 is 1.68. The average molecular weight is 649 g/mol. The number of hydrogen-bond donors (Lipinski definition) is 3. The van der Waals surface area contributed by atoms with E-state index in [4.69, 9.17) is 9.47 Å². The smallest absolute Gasteiger partial charge is 0.315 e. The van der Waals surface area contributed by atoms with Gasteiger partial charge in [-0.3, -0.25) is 0 Å². The molecule has 4 aromatic carbocycles. The topological polar surface area (TPSA) is 97.6 Å². The van der Waals surface area contributed by atoms with Gasteiger partial charge in [0.15, 0.2) is 11.4 Å². The Morgan fingerprint density at radius 2 is 1.53 bits per heavy atom. The second kappa shape index (κ2) is 15.5. The number of aliphatic hydroxyl groups excluding tert-OH is 1. The Kier molecular flexibility index (Phi) is 10.7. The molecule has 9 heteroatoms. The van der Waals surface area contributed by atoms with E-state index < -0.39 is 6.29 Å². The lowest BCUT2D eigenvalue weighted by molar-refractivity contribution is -0.268. The van der Waals surface area contributed by atoms with Crippen LogP contribution in [0.5, 0.6) is 0 Å². The fraction of sp³-hybridized carbons (Fsp3) is 0.263. The summed E-state index contributed by atoms with van der Waals surface area (Å²) in [4.78, 5) is 16.8. The third-order valence-electron chi connectivity index (χ3n) is 8.47. The lowest BCUT2D eigenvalue weighted by Crippen LogP contribution is -2.38. The van der Waals surface area contributed by atoms with E-state index in [0.717, 1.165) is 49.9 Å². The Morgan fingerprint density at radius 1 is 0.830 bits per heavy atom. The molecule has 242 valence electrons. The van der Waals surface area contributed by atoms with E-state index in [9.17, 15) is 9.90 Å². The van der Waals surface area contributed by atoms with Gasteiger partial charge in [-0.1, -0.05) is 116 Å².